The second-order valence-electron chi connectivity index (χ2n) is 8.97. The Morgan fingerprint density at radius 3 is 2.72 bits per heavy atom. The highest BCUT2D eigenvalue weighted by Crippen LogP contribution is 2.38. The maximum absolute atomic E-state index is 15.0. The SMILES string of the molecule is C[C@H](N)C(=O)NC[C@@]1(C)CCN(c2nc3c(cc2F)c(=O)c(C(=O)O)cn3C2CC2)C1.Cl. The number of anilines is 1. The number of carboxylic acid groups (broad SMARTS) is 1. The van der Waals surface area contributed by atoms with Crippen LogP contribution in [-0.2, 0) is 4.79 Å². The molecule has 0 unspecified atom stereocenters. The molecule has 1 aliphatic carbocycles. The molecular formula is C21H27ClFN5O4. The molecule has 2 aliphatic rings. The smallest absolute Gasteiger partial charge is 0.341 e. The minimum atomic E-state index is -1.34. The van der Waals surface area contributed by atoms with Gasteiger partial charge in [0.2, 0.25) is 11.3 Å². The third-order valence-corrected chi connectivity index (χ3v) is 6.07. The quantitative estimate of drug-likeness (QED) is 0.589. The third-order valence-electron chi connectivity index (χ3n) is 6.07. The molecule has 11 heteroatoms. The van der Waals surface area contributed by atoms with Gasteiger partial charge in [-0.2, -0.15) is 0 Å². The molecule has 0 bridgehead atoms. The van der Waals surface area contributed by atoms with Crippen LogP contribution >= 0.6 is 12.4 Å². The Labute approximate surface area is 190 Å². The number of carbonyl (C=O) groups is 2. The predicted octanol–water partition coefficient (Wildman–Crippen LogP) is 1.67. The molecule has 1 amide bonds. The number of carbonyl (C=O) groups excluding carboxylic acids is 1. The van der Waals surface area contributed by atoms with E-state index in [0.717, 1.165) is 25.3 Å². The van der Waals surface area contributed by atoms with Crippen molar-refractivity contribution in [1.82, 2.24) is 14.9 Å². The van der Waals surface area contributed by atoms with Crippen molar-refractivity contribution in [2.45, 2.75) is 45.2 Å². The summed E-state index contributed by atoms with van der Waals surface area (Å²) in [5.74, 6) is -2.11. The molecule has 32 heavy (non-hydrogen) atoms. The molecule has 1 saturated heterocycles. The lowest BCUT2D eigenvalue weighted by molar-refractivity contribution is -0.122. The third kappa shape index (κ3) is 4.42. The maximum atomic E-state index is 15.0. The first-order valence-electron chi connectivity index (χ1n) is 10.4. The predicted molar refractivity (Wildman–Crippen MR) is 120 cm³/mol. The van der Waals surface area contributed by atoms with E-state index in [1.807, 2.05) is 6.92 Å². The first kappa shape index (κ1) is 23.9. The number of aromatic carboxylic acids is 1. The summed E-state index contributed by atoms with van der Waals surface area (Å²) in [6, 6.07) is 0.554. The molecule has 174 valence electrons. The molecule has 1 saturated carbocycles. The number of fused-ring (bicyclic) bond motifs is 1. The Balaban J connectivity index is 0.00000289. The first-order chi connectivity index (χ1) is 14.6. The second kappa shape index (κ2) is 8.67. The van der Waals surface area contributed by atoms with Gasteiger partial charge in [0, 0.05) is 37.3 Å². The molecule has 2 atom stereocenters. The summed E-state index contributed by atoms with van der Waals surface area (Å²) in [6.07, 6.45) is 3.74. The number of nitrogens with one attached hydrogen (secondary N) is 1. The number of hydrogen-bond donors (Lipinski definition) is 3. The molecule has 0 radical (unpaired) electrons. The van der Waals surface area contributed by atoms with E-state index in [4.69, 9.17) is 5.73 Å². The largest absolute Gasteiger partial charge is 0.477 e. The summed E-state index contributed by atoms with van der Waals surface area (Å²) in [4.78, 5) is 42.2. The number of hydrogen-bond acceptors (Lipinski definition) is 6. The zero-order chi connectivity index (χ0) is 22.5. The molecule has 2 fully saturated rings. The molecule has 2 aromatic heterocycles. The molecule has 1 aliphatic heterocycles. The van der Waals surface area contributed by atoms with Gasteiger partial charge in [-0.15, -0.1) is 12.4 Å². The van der Waals surface area contributed by atoms with Gasteiger partial charge >= 0.3 is 5.97 Å². The summed E-state index contributed by atoms with van der Waals surface area (Å²) in [6.45, 7) is 5.05. The van der Waals surface area contributed by atoms with E-state index in [0.29, 0.717) is 25.3 Å². The van der Waals surface area contributed by atoms with Crippen molar-refractivity contribution < 1.29 is 19.1 Å². The number of nitrogens with two attached hydrogens (primary N) is 1. The molecule has 3 heterocycles. The minimum Gasteiger partial charge on any atom is -0.477 e. The fourth-order valence-corrected chi connectivity index (χ4v) is 4.05. The standard InChI is InChI=1S/C21H26FN5O4.ClH/c1-11(23)19(29)24-9-21(2)5-6-26(10-21)18-15(22)7-13-16(28)14(20(30)31)8-27(12-3-4-12)17(13)25-18;/h7-8,11-12H,3-6,9-10,23H2,1-2H3,(H,24,29)(H,30,31);1H/t11-,21+;/m0./s1. The summed E-state index contributed by atoms with van der Waals surface area (Å²) in [5.41, 5.74) is 4.49. The van der Waals surface area contributed by atoms with Crippen LogP contribution in [-0.4, -0.2) is 52.2 Å². The summed E-state index contributed by atoms with van der Waals surface area (Å²) < 4.78 is 16.7. The fraction of sp³-hybridized carbons (Fsp3) is 0.524. The van der Waals surface area contributed by atoms with E-state index in [-0.39, 0.29) is 46.5 Å². The van der Waals surface area contributed by atoms with Crippen LogP contribution in [0.1, 0.15) is 49.5 Å². The van der Waals surface area contributed by atoms with E-state index in [2.05, 4.69) is 10.3 Å². The van der Waals surface area contributed by atoms with Crippen LogP contribution in [0.2, 0.25) is 0 Å². The number of pyridine rings is 2. The Morgan fingerprint density at radius 2 is 2.12 bits per heavy atom. The van der Waals surface area contributed by atoms with Crippen LogP contribution in [0.25, 0.3) is 11.0 Å². The Hall–Kier alpha value is -2.72. The number of halogens is 2. The monoisotopic (exact) mass is 467 g/mol. The number of carboxylic acids is 1. The van der Waals surface area contributed by atoms with Gasteiger partial charge in [0.1, 0.15) is 11.2 Å². The lowest BCUT2D eigenvalue weighted by Gasteiger charge is -2.26. The average molecular weight is 468 g/mol. The molecular weight excluding hydrogens is 441 g/mol. The summed E-state index contributed by atoms with van der Waals surface area (Å²) >= 11 is 0. The lowest BCUT2D eigenvalue weighted by Crippen LogP contribution is -2.44. The number of rotatable bonds is 6. The lowest BCUT2D eigenvalue weighted by atomic mass is 9.90. The highest BCUT2D eigenvalue weighted by Gasteiger charge is 2.36. The normalized spacial score (nSPS) is 21.3. The van der Waals surface area contributed by atoms with Gasteiger partial charge in [-0.25, -0.2) is 14.2 Å². The van der Waals surface area contributed by atoms with Gasteiger partial charge < -0.3 is 25.6 Å². The number of nitrogens with zero attached hydrogens (tertiary/aromatic N) is 3. The average Bonchev–Trinajstić information content (AvgIpc) is 3.48. The van der Waals surface area contributed by atoms with E-state index in [1.54, 1.807) is 16.4 Å². The van der Waals surface area contributed by atoms with Crippen molar-refractivity contribution in [2.75, 3.05) is 24.5 Å². The van der Waals surface area contributed by atoms with Crippen molar-refractivity contribution in [2.24, 2.45) is 11.1 Å². The van der Waals surface area contributed by atoms with Crippen LogP contribution in [0.4, 0.5) is 10.2 Å². The zero-order valence-corrected chi connectivity index (χ0v) is 18.7. The Bertz CT molecular complexity index is 1130. The molecule has 9 nitrogen and oxygen atoms in total. The van der Waals surface area contributed by atoms with Crippen molar-refractivity contribution in [1.29, 1.82) is 0 Å². The van der Waals surface area contributed by atoms with E-state index >= 15 is 4.39 Å². The van der Waals surface area contributed by atoms with Crippen LogP contribution in [0, 0.1) is 11.2 Å². The molecule has 4 rings (SSSR count). The van der Waals surface area contributed by atoms with E-state index < -0.39 is 23.3 Å². The van der Waals surface area contributed by atoms with Crippen molar-refractivity contribution in [3.8, 4) is 0 Å². The van der Waals surface area contributed by atoms with Crippen molar-refractivity contribution >= 4 is 41.1 Å². The van der Waals surface area contributed by atoms with Gasteiger partial charge in [-0.05, 0) is 32.3 Å². The topological polar surface area (TPSA) is 131 Å². The highest BCUT2D eigenvalue weighted by molar-refractivity contribution is 5.92. The summed E-state index contributed by atoms with van der Waals surface area (Å²) in [7, 11) is 0. The molecule has 2 aromatic rings. The summed E-state index contributed by atoms with van der Waals surface area (Å²) in [5, 5.41) is 12.2. The Kier molecular flexibility index (Phi) is 6.48. The molecule has 0 aromatic carbocycles. The van der Waals surface area contributed by atoms with Gasteiger partial charge in [-0.3, -0.25) is 9.59 Å². The van der Waals surface area contributed by atoms with Gasteiger partial charge in [0.05, 0.1) is 11.4 Å². The number of aromatic nitrogens is 2. The second-order valence-corrected chi connectivity index (χ2v) is 8.97. The van der Waals surface area contributed by atoms with E-state index in [9.17, 15) is 19.5 Å². The molecule has 0 spiro atoms. The Morgan fingerprint density at radius 1 is 1.44 bits per heavy atom. The van der Waals surface area contributed by atoms with Crippen molar-refractivity contribution in [3.63, 3.8) is 0 Å². The van der Waals surface area contributed by atoms with Crippen LogP contribution in [0.3, 0.4) is 0 Å². The maximum Gasteiger partial charge on any atom is 0.341 e. The van der Waals surface area contributed by atoms with Crippen LogP contribution < -0.4 is 21.4 Å². The fourth-order valence-electron chi connectivity index (χ4n) is 4.05. The highest BCUT2D eigenvalue weighted by atomic mass is 35.5. The first-order valence-corrected chi connectivity index (χ1v) is 10.4. The van der Waals surface area contributed by atoms with Crippen LogP contribution in [0.5, 0.6) is 0 Å². The van der Waals surface area contributed by atoms with Gasteiger partial charge in [0.15, 0.2) is 11.6 Å². The molecule has 4 N–H and O–H groups in total. The minimum absolute atomic E-state index is 0. The van der Waals surface area contributed by atoms with E-state index in [1.165, 1.54) is 6.20 Å². The van der Waals surface area contributed by atoms with Crippen LogP contribution in [0.15, 0.2) is 17.1 Å². The zero-order valence-electron chi connectivity index (χ0n) is 17.9. The van der Waals surface area contributed by atoms with Gasteiger partial charge in [-0.1, -0.05) is 6.92 Å². The van der Waals surface area contributed by atoms with Gasteiger partial charge in [0.25, 0.3) is 0 Å². The van der Waals surface area contributed by atoms with Crippen molar-refractivity contribution in [3.05, 3.63) is 33.9 Å². The number of amides is 1.